The summed E-state index contributed by atoms with van der Waals surface area (Å²) in [7, 11) is 0. The fourth-order valence-corrected chi connectivity index (χ4v) is 3.71. The van der Waals surface area contributed by atoms with Gasteiger partial charge in [-0.2, -0.15) is 0 Å². The van der Waals surface area contributed by atoms with Crippen LogP contribution in [0.25, 0.3) is 0 Å². The molecule has 2 rings (SSSR count). The van der Waals surface area contributed by atoms with Crippen molar-refractivity contribution in [3.63, 3.8) is 0 Å². The van der Waals surface area contributed by atoms with Gasteiger partial charge in [-0.1, -0.05) is 26.3 Å². The Kier molecular flexibility index (Phi) is 8.55. The van der Waals surface area contributed by atoms with Crippen molar-refractivity contribution in [1.82, 2.24) is 4.90 Å². The Hall–Kier alpha value is -0.770. The quantitative estimate of drug-likeness (QED) is 0.812. The van der Waals surface area contributed by atoms with Gasteiger partial charge >= 0.3 is 0 Å². The third-order valence-electron chi connectivity index (χ3n) is 5.10. The molecule has 0 bridgehead atoms. The van der Waals surface area contributed by atoms with E-state index in [0.29, 0.717) is 31.2 Å². The fourth-order valence-electron chi connectivity index (χ4n) is 3.71. The van der Waals surface area contributed by atoms with Crippen LogP contribution < -0.4 is 4.74 Å². The van der Waals surface area contributed by atoms with Gasteiger partial charge in [0.05, 0.1) is 0 Å². The average Bonchev–Trinajstić information content (AvgIpc) is 2.49. The Morgan fingerprint density at radius 3 is 2.38 bits per heavy atom. The Morgan fingerprint density at radius 2 is 1.83 bits per heavy atom. The predicted molar refractivity (Wildman–Crippen MR) is 103 cm³/mol. The number of hydrogen-bond donors (Lipinski definition) is 1. The summed E-state index contributed by atoms with van der Waals surface area (Å²) in [5.41, 5.74) is 2.61. The number of halogens is 1. The number of likely N-dealkylation sites (tertiary alicyclic amines) is 1. The molecule has 3 unspecified atom stereocenters. The molecule has 3 nitrogen and oxygen atoms in total. The first kappa shape index (κ1) is 21.3. The molecule has 1 heterocycles. The topological polar surface area (TPSA) is 32.7 Å². The van der Waals surface area contributed by atoms with E-state index in [4.69, 9.17) is 4.74 Å². The van der Waals surface area contributed by atoms with E-state index >= 15 is 0 Å². The molecule has 1 saturated heterocycles. The smallest absolute Gasteiger partial charge is 0.119 e. The summed E-state index contributed by atoms with van der Waals surface area (Å²) >= 11 is 0. The van der Waals surface area contributed by atoms with Crippen LogP contribution in [0.5, 0.6) is 5.75 Å². The number of β-amino-alcohol motifs (C(OH)–C–C–N with tert-alkyl or cyclic N) is 1. The maximum atomic E-state index is 10.3. The number of ether oxygens (including phenoxy) is 1. The number of nitrogens with zero attached hydrogens (tertiary/aromatic N) is 1. The Bertz CT molecular complexity index is 496. The van der Waals surface area contributed by atoms with Crippen LogP contribution in [0.3, 0.4) is 0 Å². The molecule has 0 aliphatic carbocycles. The van der Waals surface area contributed by atoms with E-state index in [2.05, 4.69) is 51.7 Å². The molecule has 1 aromatic carbocycles. The van der Waals surface area contributed by atoms with Gasteiger partial charge in [0.15, 0.2) is 0 Å². The maximum Gasteiger partial charge on any atom is 0.119 e. The Balaban J connectivity index is 0.00000288. The second-order valence-corrected chi connectivity index (χ2v) is 7.46. The minimum Gasteiger partial charge on any atom is -0.491 e. The number of benzene rings is 1. The zero-order chi connectivity index (χ0) is 17.0. The van der Waals surface area contributed by atoms with Gasteiger partial charge in [0.25, 0.3) is 0 Å². The minimum atomic E-state index is -0.442. The lowest BCUT2D eigenvalue weighted by molar-refractivity contribution is 0.0209. The van der Waals surface area contributed by atoms with Gasteiger partial charge in [0.2, 0.25) is 0 Å². The lowest BCUT2D eigenvalue weighted by Crippen LogP contribution is -2.48. The lowest BCUT2D eigenvalue weighted by Gasteiger charge is -2.40. The van der Waals surface area contributed by atoms with Crippen molar-refractivity contribution in [2.45, 2.75) is 78.0 Å². The summed E-state index contributed by atoms with van der Waals surface area (Å²) < 4.78 is 5.82. The van der Waals surface area contributed by atoms with Crippen LogP contribution in [-0.2, 0) is 0 Å². The van der Waals surface area contributed by atoms with Crippen LogP contribution in [-0.4, -0.2) is 41.3 Å². The Morgan fingerprint density at radius 1 is 1.21 bits per heavy atom. The SMILES string of the molecule is Cc1cc(OCC(O)CN2C(C)CCCC2C)ccc1C(C)C.Cl. The largest absolute Gasteiger partial charge is 0.491 e. The van der Waals surface area contributed by atoms with Gasteiger partial charge in [0.1, 0.15) is 18.5 Å². The van der Waals surface area contributed by atoms with Crippen molar-refractivity contribution in [2.75, 3.05) is 13.2 Å². The van der Waals surface area contributed by atoms with Crippen molar-refractivity contribution in [1.29, 1.82) is 0 Å². The van der Waals surface area contributed by atoms with Crippen LogP contribution in [0.2, 0.25) is 0 Å². The normalized spacial score (nSPS) is 23.0. The molecule has 1 N–H and O–H groups in total. The lowest BCUT2D eigenvalue weighted by atomic mass is 9.97. The summed E-state index contributed by atoms with van der Waals surface area (Å²) in [6.45, 7) is 12.1. The van der Waals surface area contributed by atoms with Gasteiger partial charge in [-0.05, 0) is 62.8 Å². The highest BCUT2D eigenvalue weighted by Crippen LogP contribution is 2.24. The monoisotopic (exact) mass is 355 g/mol. The van der Waals surface area contributed by atoms with E-state index < -0.39 is 6.10 Å². The molecule has 3 atom stereocenters. The van der Waals surface area contributed by atoms with Gasteiger partial charge in [-0.3, -0.25) is 4.90 Å². The highest BCUT2D eigenvalue weighted by atomic mass is 35.5. The summed E-state index contributed by atoms with van der Waals surface area (Å²) in [4.78, 5) is 2.42. The first-order valence-electron chi connectivity index (χ1n) is 9.05. The fraction of sp³-hybridized carbons (Fsp3) is 0.700. The van der Waals surface area contributed by atoms with E-state index in [1.54, 1.807) is 0 Å². The molecule has 24 heavy (non-hydrogen) atoms. The second-order valence-electron chi connectivity index (χ2n) is 7.46. The number of aliphatic hydroxyl groups is 1. The van der Waals surface area contributed by atoms with Crippen LogP contribution in [0.1, 0.15) is 64.0 Å². The predicted octanol–water partition coefficient (Wildman–Crippen LogP) is 4.54. The number of aryl methyl sites for hydroxylation is 1. The molecule has 1 aliphatic rings. The Labute approximate surface area is 153 Å². The molecule has 1 aliphatic heterocycles. The van der Waals surface area contributed by atoms with Gasteiger partial charge < -0.3 is 9.84 Å². The van der Waals surface area contributed by atoms with Crippen LogP contribution in [0, 0.1) is 6.92 Å². The number of hydrogen-bond acceptors (Lipinski definition) is 3. The average molecular weight is 356 g/mol. The van der Waals surface area contributed by atoms with E-state index in [1.807, 2.05) is 6.07 Å². The highest BCUT2D eigenvalue weighted by molar-refractivity contribution is 5.85. The third kappa shape index (κ3) is 5.65. The number of piperidine rings is 1. The molecule has 4 heteroatoms. The summed E-state index contributed by atoms with van der Waals surface area (Å²) in [6.07, 6.45) is 3.32. The van der Waals surface area contributed by atoms with Crippen LogP contribution in [0.15, 0.2) is 18.2 Å². The third-order valence-corrected chi connectivity index (χ3v) is 5.10. The van der Waals surface area contributed by atoms with Crippen LogP contribution in [0.4, 0.5) is 0 Å². The van der Waals surface area contributed by atoms with E-state index in [9.17, 15) is 5.11 Å². The van der Waals surface area contributed by atoms with Crippen LogP contribution >= 0.6 is 12.4 Å². The number of rotatable bonds is 6. The van der Waals surface area contributed by atoms with Gasteiger partial charge in [-0.15, -0.1) is 12.4 Å². The summed E-state index contributed by atoms with van der Waals surface area (Å²) in [5, 5.41) is 10.3. The zero-order valence-corrected chi connectivity index (χ0v) is 16.6. The minimum absolute atomic E-state index is 0. The maximum absolute atomic E-state index is 10.3. The molecular weight excluding hydrogens is 322 g/mol. The molecule has 0 spiro atoms. The molecular formula is C20H34ClNO2. The molecule has 138 valence electrons. The standard InChI is InChI=1S/C20H33NO2.ClH/c1-14(2)20-10-9-19(11-15(20)3)23-13-18(22)12-21-16(4)7-6-8-17(21)5;/h9-11,14,16-18,22H,6-8,12-13H2,1-5H3;1H. The molecule has 0 radical (unpaired) electrons. The molecule has 0 aromatic heterocycles. The van der Waals surface area contributed by atoms with Gasteiger partial charge in [-0.25, -0.2) is 0 Å². The summed E-state index contributed by atoms with van der Waals surface area (Å²) in [5.74, 6) is 1.38. The van der Waals surface area contributed by atoms with Gasteiger partial charge in [0, 0.05) is 18.6 Å². The molecule has 0 amide bonds. The molecule has 1 fully saturated rings. The van der Waals surface area contributed by atoms with Crippen molar-refractivity contribution < 1.29 is 9.84 Å². The highest BCUT2D eigenvalue weighted by Gasteiger charge is 2.26. The molecule has 0 saturated carbocycles. The van der Waals surface area contributed by atoms with E-state index in [-0.39, 0.29) is 12.4 Å². The van der Waals surface area contributed by atoms with E-state index in [1.165, 1.54) is 30.4 Å². The van der Waals surface area contributed by atoms with Crippen molar-refractivity contribution in [2.24, 2.45) is 0 Å². The summed E-state index contributed by atoms with van der Waals surface area (Å²) in [6, 6.07) is 7.34. The van der Waals surface area contributed by atoms with E-state index in [0.717, 1.165) is 5.75 Å². The van der Waals surface area contributed by atoms with Crippen molar-refractivity contribution in [3.8, 4) is 5.75 Å². The van der Waals surface area contributed by atoms with Crippen molar-refractivity contribution >= 4 is 12.4 Å². The first-order chi connectivity index (χ1) is 10.9. The van der Waals surface area contributed by atoms with Crippen molar-refractivity contribution in [3.05, 3.63) is 29.3 Å². The number of aliphatic hydroxyl groups excluding tert-OH is 1. The molecule has 1 aromatic rings. The zero-order valence-electron chi connectivity index (χ0n) is 15.8. The first-order valence-corrected chi connectivity index (χ1v) is 9.05. The second kappa shape index (κ2) is 9.65.